The minimum absolute atomic E-state index is 0.0712. The standard InChI is InChI=1S/C26H33N5OS/c1-17(2)30(3)16-22-27-23(19-12-13-19)24-25(28-22)29-26(33-24)31-15-7-10-20(31)21(32)14-11-18-8-5-4-6-9-18/h4-6,8-9,17,19-20H,7,10-16H2,1-3H3/t20-/m1/s1. The number of carbonyl (C=O) groups is 1. The highest BCUT2D eigenvalue weighted by Crippen LogP contribution is 2.45. The van der Waals surface area contributed by atoms with Crippen LogP contribution in [0.2, 0.25) is 0 Å². The van der Waals surface area contributed by atoms with Crippen LogP contribution in [-0.4, -0.2) is 51.3 Å². The zero-order valence-corrected chi connectivity index (χ0v) is 20.6. The maximum atomic E-state index is 13.1. The minimum Gasteiger partial charge on any atom is -0.338 e. The number of ketones is 1. The molecular weight excluding hydrogens is 430 g/mol. The summed E-state index contributed by atoms with van der Waals surface area (Å²) in [7, 11) is 2.11. The van der Waals surface area contributed by atoms with E-state index >= 15 is 0 Å². The van der Waals surface area contributed by atoms with Crippen molar-refractivity contribution < 1.29 is 4.79 Å². The molecule has 1 aromatic carbocycles. The van der Waals surface area contributed by atoms with Gasteiger partial charge in [0.05, 0.1) is 23.0 Å². The summed E-state index contributed by atoms with van der Waals surface area (Å²) in [6.07, 6.45) is 5.72. The van der Waals surface area contributed by atoms with Gasteiger partial charge in [0.1, 0.15) is 5.82 Å². The SMILES string of the molecule is CC(C)N(C)Cc1nc(C2CC2)c2sc(N3CCC[C@@H]3C(=O)CCc3ccccc3)nc2n1. The summed E-state index contributed by atoms with van der Waals surface area (Å²) in [5.74, 6) is 1.71. The van der Waals surface area contributed by atoms with Gasteiger partial charge in [-0.25, -0.2) is 9.97 Å². The second-order valence-electron chi connectivity index (χ2n) is 9.76. The Morgan fingerprint density at radius 2 is 1.94 bits per heavy atom. The number of Topliss-reactive ketones (excluding diaryl/α,β-unsaturated/α-hetero) is 1. The Balaban J connectivity index is 1.38. The predicted molar refractivity (Wildman–Crippen MR) is 134 cm³/mol. The number of aryl methyl sites for hydroxylation is 1. The molecule has 0 N–H and O–H groups in total. The molecule has 0 radical (unpaired) electrons. The number of hydrogen-bond donors (Lipinski definition) is 0. The summed E-state index contributed by atoms with van der Waals surface area (Å²) in [4.78, 5) is 32.4. The second-order valence-corrected chi connectivity index (χ2v) is 10.7. The van der Waals surface area contributed by atoms with E-state index in [0.717, 1.165) is 53.7 Å². The monoisotopic (exact) mass is 463 g/mol. The molecule has 3 aromatic rings. The third-order valence-corrected chi connectivity index (χ3v) is 8.03. The van der Waals surface area contributed by atoms with Crippen LogP contribution >= 0.6 is 11.3 Å². The van der Waals surface area contributed by atoms with E-state index in [1.807, 2.05) is 18.2 Å². The molecular formula is C26H33N5OS. The van der Waals surface area contributed by atoms with E-state index in [-0.39, 0.29) is 6.04 Å². The van der Waals surface area contributed by atoms with Crippen molar-refractivity contribution in [1.29, 1.82) is 0 Å². The molecule has 1 aliphatic heterocycles. The van der Waals surface area contributed by atoms with E-state index in [0.29, 0.717) is 24.2 Å². The molecule has 0 bridgehead atoms. The van der Waals surface area contributed by atoms with E-state index in [9.17, 15) is 4.79 Å². The zero-order valence-electron chi connectivity index (χ0n) is 19.8. The highest BCUT2D eigenvalue weighted by Gasteiger charge is 2.34. The molecule has 1 saturated heterocycles. The molecule has 1 atom stereocenters. The summed E-state index contributed by atoms with van der Waals surface area (Å²) in [5, 5.41) is 0.936. The van der Waals surface area contributed by atoms with Gasteiger partial charge in [-0.05, 0) is 58.6 Å². The number of nitrogens with zero attached hydrogens (tertiary/aromatic N) is 5. The summed E-state index contributed by atoms with van der Waals surface area (Å²) < 4.78 is 1.12. The first-order valence-electron chi connectivity index (χ1n) is 12.2. The molecule has 2 fully saturated rings. The molecule has 0 unspecified atom stereocenters. The minimum atomic E-state index is -0.0712. The third kappa shape index (κ3) is 4.94. The maximum absolute atomic E-state index is 13.1. The van der Waals surface area contributed by atoms with Crippen molar-refractivity contribution in [2.45, 2.75) is 76.9 Å². The van der Waals surface area contributed by atoms with Crippen LogP contribution in [0, 0.1) is 0 Å². The number of hydrogen-bond acceptors (Lipinski definition) is 7. The highest BCUT2D eigenvalue weighted by molar-refractivity contribution is 7.22. The number of fused-ring (bicyclic) bond motifs is 1. The van der Waals surface area contributed by atoms with E-state index < -0.39 is 0 Å². The van der Waals surface area contributed by atoms with E-state index in [4.69, 9.17) is 15.0 Å². The molecule has 0 amide bonds. The Hall–Kier alpha value is -2.38. The van der Waals surface area contributed by atoms with Crippen LogP contribution in [0.15, 0.2) is 30.3 Å². The first-order valence-corrected chi connectivity index (χ1v) is 13.0. The molecule has 174 valence electrons. The largest absolute Gasteiger partial charge is 0.338 e. The molecule has 0 spiro atoms. The van der Waals surface area contributed by atoms with Crippen LogP contribution < -0.4 is 4.90 Å². The van der Waals surface area contributed by atoms with E-state index in [1.54, 1.807) is 11.3 Å². The Bertz CT molecular complexity index is 1120. The van der Waals surface area contributed by atoms with Crippen LogP contribution in [0.5, 0.6) is 0 Å². The molecule has 33 heavy (non-hydrogen) atoms. The fourth-order valence-electron chi connectivity index (χ4n) is 4.52. The van der Waals surface area contributed by atoms with Crippen LogP contribution in [0.4, 0.5) is 5.13 Å². The molecule has 7 heteroatoms. The van der Waals surface area contributed by atoms with Gasteiger partial charge >= 0.3 is 0 Å². The highest BCUT2D eigenvalue weighted by atomic mass is 32.1. The lowest BCUT2D eigenvalue weighted by Gasteiger charge is -2.22. The van der Waals surface area contributed by atoms with Gasteiger partial charge in [0.25, 0.3) is 0 Å². The average Bonchev–Trinajstić information content (AvgIpc) is 3.37. The van der Waals surface area contributed by atoms with Crippen molar-refractivity contribution in [3.05, 3.63) is 47.4 Å². The quantitative estimate of drug-likeness (QED) is 0.446. The Morgan fingerprint density at radius 3 is 2.67 bits per heavy atom. The van der Waals surface area contributed by atoms with Crippen LogP contribution in [-0.2, 0) is 17.8 Å². The van der Waals surface area contributed by atoms with Crippen LogP contribution in [0.1, 0.15) is 69.0 Å². The average molecular weight is 464 g/mol. The molecule has 2 aromatic heterocycles. The van der Waals surface area contributed by atoms with Gasteiger partial charge in [0.2, 0.25) is 0 Å². The van der Waals surface area contributed by atoms with Crippen molar-refractivity contribution >= 4 is 32.6 Å². The summed E-state index contributed by atoms with van der Waals surface area (Å²) in [6, 6.07) is 10.6. The van der Waals surface area contributed by atoms with Crippen molar-refractivity contribution in [1.82, 2.24) is 19.9 Å². The smallest absolute Gasteiger partial charge is 0.188 e. The van der Waals surface area contributed by atoms with Gasteiger partial charge in [0.15, 0.2) is 16.6 Å². The number of benzene rings is 1. The zero-order chi connectivity index (χ0) is 22.9. The van der Waals surface area contributed by atoms with Crippen LogP contribution in [0.25, 0.3) is 10.3 Å². The number of aromatic nitrogens is 3. The van der Waals surface area contributed by atoms with Crippen molar-refractivity contribution in [3.63, 3.8) is 0 Å². The molecule has 2 aliphatic rings. The van der Waals surface area contributed by atoms with E-state index in [1.165, 1.54) is 24.1 Å². The summed E-state index contributed by atoms with van der Waals surface area (Å²) >= 11 is 1.68. The molecule has 1 saturated carbocycles. The lowest BCUT2D eigenvalue weighted by atomic mass is 10.0. The topological polar surface area (TPSA) is 62.2 Å². The molecule has 5 rings (SSSR count). The van der Waals surface area contributed by atoms with E-state index in [2.05, 4.69) is 42.8 Å². The molecule has 6 nitrogen and oxygen atoms in total. The van der Waals surface area contributed by atoms with Gasteiger partial charge in [-0.3, -0.25) is 9.69 Å². The van der Waals surface area contributed by atoms with Crippen molar-refractivity contribution in [3.8, 4) is 0 Å². The molecule has 1 aliphatic carbocycles. The maximum Gasteiger partial charge on any atom is 0.188 e. The fourth-order valence-corrected chi connectivity index (χ4v) is 5.67. The van der Waals surface area contributed by atoms with Gasteiger partial charge in [-0.15, -0.1) is 0 Å². The first-order chi connectivity index (χ1) is 16.0. The lowest BCUT2D eigenvalue weighted by molar-refractivity contribution is -0.120. The number of anilines is 1. The number of rotatable bonds is 9. The Kier molecular flexibility index (Phi) is 6.43. The predicted octanol–water partition coefficient (Wildman–Crippen LogP) is 4.97. The normalized spacial score (nSPS) is 18.7. The number of carbonyl (C=O) groups excluding carboxylic acids is 1. The first kappa shape index (κ1) is 22.4. The fraction of sp³-hybridized carbons (Fsp3) is 0.538. The van der Waals surface area contributed by atoms with Gasteiger partial charge in [0, 0.05) is 24.9 Å². The third-order valence-electron chi connectivity index (χ3n) is 6.92. The van der Waals surface area contributed by atoms with Crippen molar-refractivity contribution in [2.75, 3.05) is 18.5 Å². The Morgan fingerprint density at radius 1 is 1.15 bits per heavy atom. The Labute approximate surface area is 200 Å². The van der Waals surface area contributed by atoms with Crippen molar-refractivity contribution in [2.24, 2.45) is 0 Å². The van der Waals surface area contributed by atoms with Crippen LogP contribution in [0.3, 0.4) is 0 Å². The van der Waals surface area contributed by atoms with Gasteiger partial charge < -0.3 is 4.90 Å². The molecule has 3 heterocycles. The number of thiazole rings is 1. The lowest BCUT2D eigenvalue weighted by Crippen LogP contribution is -2.36. The summed E-state index contributed by atoms with van der Waals surface area (Å²) in [5.41, 5.74) is 3.20. The summed E-state index contributed by atoms with van der Waals surface area (Å²) in [6.45, 7) is 5.98. The van der Waals surface area contributed by atoms with Gasteiger partial charge in [-0.2, -0.15) is 4.98 Å². The second kappa shape index (κ2) is 9.47. The van der Waals surface area contributed by atoms with Gasteiger partial charge in [-0.1, -0.05) is 41.7 Å².